The predicted octanol–water partition coefficient (Wildman–Crippen LogP) is -1.59. The molecule has 0 bridgehead atoms. The van der Waals surface area contributed by atoms with E-state index in [9.17, 15) is 38.9 Å². The fourth-order valence-corrected chi connectivity index (χ4v) is 4.92. The summed E-state index contributed by atoms with van der Waals surface area (Å²) in [7, 11) is -18.1. The Kier molecular flexibility index (Phi) is 12.9. The Hall–Kier alpha value is -2.82. The molecule has 0 saturated carbocycles. The number of nitrogens with one attached hydrogen (secondary N) is 3. The van der Waals surface area contributed by atoms with Crippen molar-refractivity contribution in [1.82, 2.24) is 0 Å². The highest BCUT2D eigenvalue weighted by Gasteiger charge is 2.30. The molecule has 3 heterocycles. The molecule has 170 valence electrons. The molecular weight excluding hydrogens is 474 g/mol. The third-order valence-corrected chi connectivity index (χ3v) is 8.19. The zero-order chi connectivity index (χ0) is 23.8. The summed E-state index contributed by atoms with van der Waals surface area (Å²) in [5, 5.41) is 0. The van der Waals surface area contributed by atoms with Crippen LogP contribution >= 0.6 is 0 Å². The maximum absolute atomic E-state index is 9.91. The molecular formula is C16H19N3O9S3. The van der Waals surface area contributed by atoms with Gasteiger partial charge in [0.15, 0.2) is 37.2 Å². The van der Waals surface area contributed by atoms with Crippen LogP contribution in [0.4, 0.5) is 0 Å². The fourth-order valence-electron chi connectivity index (χ4n) is 1.46. The van der Waals surface area contributed by atoms with E-state index in [2.05, 4.69) is 15.0 Å². The van der Waals surface area contributed by atoms with Crippen molar-refractivity contribution in [3.63, 3.8) is 0 Å². The second-order valence-electron chi connectivity index (χ2n) is 5.00. The molecule has 0 atom stereocenters. The third kappa shape index (κ3) is 15.7. The van der Waals surface area contributed by atoms with E-state index in [0.29, 0.717) is 0 Å². The smallest absolute Gasteiger partial charge is 0.227 e. The molecule has 0 unspecified atom stereocenters. The van der Waals surface area contributed by atoms with Crippen LogP contribution in [0.3, 0.4) is 0 Å². The average molecular weight is 494 g/mol. The van der Waals surface area contributed by atoms with Gasteiger partial charge in [-0.05, 0) is 0 Å². The molecule has 0 aliphatic carbocycles. The number of H-pyrrole nitrogens is 3. The van der Waals surface area contributed by atoms with Crippen LogP contribution in [-0.4, -0.2) is 42.8 Å². The van der Waals surface area contributed by atoms with Crippen LogP contribution in [0.5, 0.6) is 0 Å². The lowest BCUT2D eigenvalue weighted by molar-refractivity contribution is -0.378. The molecule has 12 nitrogen and oxygen atoms in total. The zero-order valence-corrected chi connectivity index (χ0v) is 18.1. The molecule has 0 radical (unpaired) electrons. The number of rotatable bonds is 3. The van der Waals surface area contributed by atoms with Gasteiger partial charge in [-0.2, -0.15) is 0 Å². The summed E-state index contributed by atoms with van der Waals surface area (Å²) in [5.74, 6) is 0. The lowest BCUT2D eigenvalue weighted by atomic mass is 10.5. The zero-order valence-electron chi connectivity index (χ0n) is 15.6. The molecule has 3 aromatic heterocycles. The highest BCUT2D eigenvalue weighted by molar-refractivity contribution is 8.19. The molecule has 0 amide bonds. The lowest BCUT2D eigenvalue weighted by Gasteiger charge is -2.25. The molecule has 0 saturated heterocycles. The van der Waals surface area contributed by atoms with Crippen molar-refractivity contribution in [3.8, 4) is 0 Å². The third-order valence-electron chi connectivity index (χ3n) is 2.53. The van der Waals surface area contributed by atoms with Crippen molar-refractivity contribution in [2.24, 2.45) is 0 Å². The first kappa shape index (κ1) is 28.2. The molecule has 3 aromatic rings. The number of aromatic nitrogens is 3. The van der Waals surface area contributed by atoms with Crippen LogP contribution in [-0.2, 0) is 30.4 Å². The summed E-state index contributed by atoms with van der Waals surface area (Å²) in [6.45, 7) is 0. The Labute approximate surface area is 179 Å². The lowest BCUT2D eigenvalue weighted by Crippen LogP contribution is -2.37. The van der Waals surface area contributed by atoms with E-state index < -0.39 is 34.3 Å². The van der Waals surface area contributed by atoms with Crippen LogP contribution in [0.1, 0.15) is 0 Å². The van der Waals surface area contributed by atoms with E-state index in [4.69, 9.17) is 0 Å². The molecule has 15 heteroatoms. The Balaban J connectivity index is 0.000000416. The Morgan fingerprint density at radius 2 is 0.613 bits per heavy atom. The van der Waals surface area contributed by atoms with E-state index in [1.165, 1.54) is 0 Å². The van der Waals surface area contributed by atoms with Gasteiger partial charge in [0, 0.05) is 36.4 Å². The fraction of sp³-hybridized carbons (Fsp3) is 0.0625. The minimum Gasteiger partial charge on any atom is -0.746 e. The van der Waals surface area contributed by atoms with Crippen molar-refractivity contribution in [1.29, 1.82) is 0 Å². The Bertz CT molecular complexity index is 915. The van der Waals surface area contributed by atoms with Gasteiger partial charge in [-0.3, -0.25) is 0 Å². The maximum atomic E-state index is 9.91. The van der Waals surface area contributed by atoms with Gasteiger partial charge in [0.25, 0.3) is 0 Å². The predicted molar refractivity (Wildman–Crippen MR) is 102 cm³/mol. The second-order valence-corrected chi connectivity index (χ2v) is 10.3. The van der Waals surface area contributed by atoms with Gasteiger partial charge in [0.2, 0.25) is 3.91 Å². The van der Waals surface area contributed by atoms with Gasteiger partial charge in [-0.15, -0.1) is 0 Å². The largest absolute Gasteiger partial charge is 0.746 e. The first-order chi connectivity index (χ1) is 14.4. The van der Waals surface area contributed by atoms with E-state index in [-0.39, 0.29) is 0 Å². The highest BCUT2D eigenvalue weighted by Crippen LogP contribution is 2.12. The summed E-state index contributed by atoms with van der Waals surface area (Å²) in [6, 6.07) is 17.6. The van der Waals surface area contributed by atoms with Crippen molar-refractivity contribution >= 4 is 30.4 Å². The van der Waals surface area contributed by atoms with Gasteiger partial charge in [-0.25, -0.2) is 40.2 Å². The first-order valence-corrected chi connectivity index (χ1v) is 12.4. The van der Waals surface area contributed by atoms with Crippen LogP contribution < -0.4 is 15.0 Å². The summed E-state index contributed by atoms with van der Waals surface area (Å²) in [6.07, 6.45) is 11.2. The quantitative estimate of drug-likeness (QED) is 0.384. The van der Waals surface area contributed by atoms with E-state index in [1.807, 2.05) is 91.8 Å². The average Bonchev–Trinajstić information content (AvgIpc) is 2.70. The maximum Gasteiger partial charge on any atom is 0.227 e. The van der Waals surface area contributed by atoms with E-state index >= 15 is 0 Å². The standard InChI is InChI=1S/3C5H5N.CH4O9S3/c3*1-2-4-6-5-3-1;2-11(3,4)1(12(5,6)7)13(8,9)10/h3*1-5H;1H,(H,2,3,4)(H,5,6,7)(H,8,9,10). The molecule has 0 aliphatic rings. The number of pyridine rings is 3. The minimum atomic E-state index is -6.03. The van der Waals surface area contributed by atoms with Gasteiger partial charge >= 0.3 is 0 Å². The topological polar surface area (TPSA) is 214 Å². The first-order valence-electron chi connectivity index (χ1n) is 7.94. The van der Waals surface area contributed by atoms with Crippen LogP contribution in [0, 0.1) is 0 Å². The van der Waals surface area contributed by atoms with Crippen LogP contribution in [0.25, 0.3) is 0 Å². The summed E-state index contributed by atoms with van der Waals surface area (Å²) in [4.78, 5) is 8.68. The van der Waals surface area contributed by atoms with Gasteiger partial charge in [0.05, 0.1) is 0 Å². The molecule has 0 spiro atoms. The number of hydrogen-bond acceptors (Lipinski definition) is 9. The van der Waals surface area contributed by atoms with Gasteiger partial charge in [-0.1, -0.05) is 18.2 Å². The monoisotopic (exact) mass is 493 g/mol. The SMILES string of the molecule is O=S(=O)([O-])C(S(=O)(=O)[O-])S(=O)(=O)[O-].c1cc[nH+]cc1.c1cc[nH+]cc1.c1cc[nH+]cc1. The molecule has 31 heavy (non-hydrogen) atoms. The van der Waals surface area contributed by atoms with Crippen molar-refractivity contribution in [3.05, 3.63) is 91.8 Å². The van der Waals surface area contributed by atoms with Gasteiger partial charge < -0.3 is 13.7 Å². The van der Waals surface area contributed by atoms with E-state index in [1.54, 1.807) is 0 Å². The van der Waals surface area contributed by atoms with Gasteiger partial charge in [0.1, 0.15) is 30.4 Å². The molecule has 0 aromatic carbocycles. The summed E-state index contributed by atoms with van der Waals surface area (Å²) >= 11 is 0. The van der Waals surface area contributed by atoms with Crippen molar-refractivity contribution in [2.75, 3.05) is 0 Å². The molecule has 3 rings (SSSR count). The van der Waals surface area contributed by atoms with Crippen molar-refractivity contribution < 1.29 is 53.9 Å². The molecule has 0 fully saturated rings. The summed E-state index contributed by atoms with van der Waals surface area (Å²) < 4.78 is 85.2. The normalized spacial score (nSPS) is 10.8. The Morgan fingerprint density at radius 1 is 0.419 bits per heavy atom. The number of hydrogen-bond donors (Lipinski definition) is 0. The summed E-state index contributed by atoms with van der Waals surface area (Å²) in [5.41, 5.74) is 0. The van der Waals surface area contributed by atoms with Crippen LogP contribution in [0.15, 0.2) is 91.8 Å². The second kappa shape index (κ2) is 14.2. The molecule has 3 N–H and O–H groups in total. The number of aromatic amines is 3. The van der Waals surface area contributed by atoms with Crippen molar-refractivity contribution in [2.45, 2.75) is 3.91 Å². The molecule has 0 aliphatic heterocycles. The minimum absolute atomic E-state index is 1.88. The highest BCUT2D eigenvalue weighted by atomic mass is 32.3. The van der Waals surface area contributed by atoms with E-state index in [0.717, 1.165) is 0 Å². The van der Waals surface area contributed by atoms with Crippen LogP contribution in [0.2, 0.25) is 0 Å². The Morgan fingerprint density at radius 3 is 0.645 bits per heavy atom.